The first kappa shape index (κ1) is 30.0. The zero-order valence-electron chi connectivity index (χ0n) is 24.9. The highest BCUT2D eigenvalue weighted by Crippen LogP contribution is 2.35. The summed E-state index contributed by atoms with van der Waals surface area (Å²) >= 11 is 0. The highest BCUT2D eigenvalue weighted by atomic mass is 16.5. The zero-order chi connectivity index (χ0) is 30.2. The molecule has 2 heterocycles. The monoisotopic (exact) mass is 581 g/mol. The number of hydrogen-bond donors (Lipinski definition) is 1. The molecule has 0 unspecified atom stereocenters. The molecule has 5 rings (SSSR count). The summed E-state index contributed by atoms with van der Waals surface area (Å²) in [5.41, 5.74) is 2.89. The number of carbonyl (C=O) groups excluding carboxylic acids is 3. The van der Waals surface area contributed by atoms with E-state index in [1.807, 2.05) is 66.7 Å². The molecule has 0 bridgehead atoms. The Kier molecular flexibility index (Phi) is 9.57. The second-order valence-corrected chi connectivity index (χ2v) is 11.4. The van der Waals surface area contributed by atoms with Crippen molar-refractivity contribution in [2.75, 3.05) is 40.4 Å². The Hall–Kier alpha value is -4.43. The molecule has 0 atom stereocenters. The third-order valence-corrected chi connectivity index (χ3v) is 8.38. The van der Waals surface area contributed by atoms with E-state index in [9.17, 15) is 14.4 Å². The summed E-state index contributed by atoms with van der Waals surface area (Å²) in [7, 11) is 3.31. The van der Waals surface area contributed by atoms with Crippen LogP contribution >= 0.6 is 0 Å². The number of nitrogens with zero attached hydrogens (tertiary/aromatic N) is 2. The highest BCUT2D eigenvalue weighted by Gasteiger charge is 2.37. The molecule has 1 N–H and O–H groups in total. The number of methoxy groups -OCH3 is 1. The lowest BCUT2D eigenvalue weighted by molar-refractivity contribution is -0.137. The predicted molar refractivity (Wildman–Crippen MR) is 167 cm³/mol. The Bertz CT molecular complexity index is 1540. The van der Waals surface area contributed by atoms with Gasteiger partial charge in [0.05, 0.1) is 19.3 Å². The summed E-state index contributed by atoms with van der Waals surface area (Å²) < 4.78 is 11.6. The number of aromatic amines is 1. The molecule has 1 aromatic heterocycles. The van der Waals surface area contributed by atoms with Gasteiger partial charge >= 0.3 is 0 Å². The van der Waals surface area contributed by atoms with E-state index in [-0.39, 0.29) is 24.7 Å². The topological polar surface area (TPSA) is 91.9 Å². The second-order valence-electron chi connectivity index (χ2n) is 11.4. The van der Waals surface area contributed by atoms with Crippen LogP contribution in [0.3, 0.4) is 0 Å². The van der Waals surface area contributed by atoms with Crippen molar-refractivity contribution < 1.29 is 23.9 Å². The van der Waals surface area contributed by atoms with Gasteiger partial charge in [-0.25, -0.2) is 0 Å². The molecule has 0 spiro atoms. The Morgan fingerprint density at radius 2 is 1.63 bits per heavy atom. The molecule has 8 nitrogen and oxygen atoms in total. The van der Waals surface area contributed by atoms with Crippen LogP contribution in [-0.2, 0) is 22.6 Å². The first-order valence-corrected chi connectivity index (χ1v) is 14.8. The largest absolute Gasteiger partial charge is 0.493 e. The summed E-state index contributed by atoms with van der Waals surface area (Å²) in [6, 6.07) is 25.4. The lowest BCUT2D eigenvalue weighted by Crippen LogP contribution is -2.44. The van der Waals surface area contributed by atoms with Gasteiger partial charge in [-0.3, -0.25) is 14.5 Å². The summed E-state index contributed by atoms with van der Waals surface area (Å²) in [6.07, 6.45) is 2.84. The summed E-state index contributed by atoms with van der Waals surface area (Å²) in [5, 5.41) is 0.836. The van der Waals surface area contributed by atoms with E-state index in [4.69, 9.17) is 9.47 Å². The van der Waals surface area contributed by atoms with E-state index in [0.29, 0.717) is 43.0 Å². The van der Waals surface area contributed by atoms with Crippen molar-refractivity contribution in [1.29, 1.82) is 0 Å². The molecule has 1 fully saturated rings. The van der Waals surface area contributed by atoms with Crippen molar-refractivity contribution in [3.8, 4) is 11.5 Å². The normalized spacial score (nSPS) is 14.7. The Morgan fingerprint density at radius 3 is 2.28 bits per heavy atom. The smallest absolute Gasteiger partial charge is 0.223 e. The van der Waals surface area contributed by atoms with Crippen molar-refractivity contribution in [3.63, 3.8) is 0 Å². The number of ether oxygens (including phenoxy) is 2. The lowest BCUT2D eigenvalue weighted by Gasteiger charge is -2.38. The first-order chi connectivity index (χ1) is 20.9. The third-order valence-electron chi connectivity index (χ3n) is 8.38. The van der Waals surface area contributed by atoms with Gasteiger partial charge in [0.1, 0.15) is 12.9 Å². The van der Waals surface area contributed by atoms with Crippen molar-refractivity contribution in [3.05, 3.63) is 95.7 Å². The van der Waals surface area contributed by atoms with E-state index in [0.717, 1.165) is 42.4 Å². The zero-order valence-corrected chi connectivity index (χ0v) is 24.9. The van der Waals surface area contributed by atoms with Gasteiger partial charge in [0.25, 0.3) is 0 Å². The van der Waals surface area contributed by atoms with Crippen LogP contribution in [0.15, 0.2) is 78.9 Å². The number of likely N-dealkylation sites (tertiary alicyclic amines) is 1. The van der Waals surface area contributed by atoms with Crippen LogP contribution in [0.2, 0.25) is 0 Å². The number of H-pyrrole nitrogens is 1. The van der Waals surface area contributed by atoms with Crippen LogP contribution in [0.25, 0.3) is 10.9 Å². The molecule has 43 heavy (non-hydrogen) atoms. The van der Waals surface area contributed by atoms with Gasteiger partial charge in [0, 0.05) is 48.8 Å². The summed E-state index contributed by atoms with van der Waals surface area (Å²) in [6.45, 7) is 3.05. The number of aromatic nitrogens is 1. The molecule has 1 amide bonds. The fraction of sp³-hybridized carbons (Fsp3) is 0.343. The fourth-order valence-electron chi connectivity index (χ4n) is 5.63. The van der Waals surface area contributed by atoms with Crippen molar-refractivity contribution in [1.82, 2.24) is 14.8 Å². The lowest BCUT2D eigenvalue weighted by atomic mass is 9.76. The molecule has 8 heteroatoms. The third kappa shape index (κ3) is 7.51. The minimum atomic E-state index is -0.627. The first-order valence-electron chi connectivity index (χ1n) is 14.8. The van der Waals surface area contributed by atoms with E-state index < -0.39 is 5.41 Å². The summed E-state index contributed by atoms with van der Waals surface area (Å²) in [5.74, 6) is 1.00. The number of piperidine rings is 1. The molecule has 0 radical (unpaired) electrons. The van der Waals surface area contributed by atoms with E-state index >= 15 is 0 Å². The molecular weight excluding hydrogens is 542 g/mol. The Balaban J connectivity index is 1.14. The molecule has 0 aliphatic carbocycles. The van der Waals surface area contributed by atoms with Crippen LogP contribution in [-0.4, -0.2) is 73.2 Å². The molecule has 4 aromatic rings. The van der Waals surface area contributed by atoms with Gasteiger partial charge in [-0.05, 0) is 49.2 Å². The minimum Gasteiger partial charge on any atom is -0.493 e. The van der Waals surface area contributed by atoms with Crippen LogP contribution in [0.5, 0.6) is 11.5 Å². The number of fused-ring (bicyclic) bond motifs is 1. The van der Waals surface area contributed by atoms with Gasteiger partial charge in [-0.1, -0.05) is 60.7 Å². The molecule has 1 aliphatic rings. The number of Topliss-reactive ketones (excluding diaryl/α,β-unsaturated/α-hetero) is 1. The van der Waals surface area contributed by atoms with Gasteiger partial charge in [0.15, 0.2) is 17.3 Å². The van der Waals surface area contributed by atoms with Crippen LogP contribution in [0.1, 0.15) is 40.9 Å². The molecule has 224 valence electrons. The molecule has 1 aliphatic heterocycles. The number of nitrogens with one attached hydrogen (secondary N) is 1. The maximum atomic E-state index is 13.1. The predicted octanol–water partition coefficient (Wildman–Crippen LogP) is 5.31. The number of amides is 1. The number of ketones is 1. The van der Waals surface area contributed by atoms with Crippen LogP contribution in [0.4, 0.5) is 0 Å². The maximum absolute atomic E-state index is 13.1. The van der Waals surface area contributed by atoms with Gasteiger partial charge in [-0.2, -0.15) is 0 Å². The van der Waals surface area contributed by atoms with Crippen LogP contribution < -0.4 is 9.47 Å². The fourth-order valence-corrected chi connectivity index (χ4v) is 5.63. The number of likely N-dealkylation sites (N-methyl/N-ethyl adjacent to an activating group) is 1. The number of hydrogen-bond acceptors (Lipinski definition) is 6. The van der Waals surface area contributed by atoms with Gasteiger partial charge in [0.2, 0.25) is 5.91 Å². The van der Waals surface area contributed by atoms with Crippen molar-refractivity contribution >= 4 is 28.9 Å². The molecule has 3 aromatic carbocycles. The average molecular weight is 582 g/mol. The average Bonchev–Trinajstić information content (AvgIpc) is 3.46. The maximum Gasteiger partial charge on any atom is 0.223 e. The standard InChI is InChI=1S/C35H39N3O5/c1-37(34(41)23-35(25-39)13-15-38(16-14-35)24-27-11-7-4-8-12-27)17-18-43-33-21-28-20-30(36-29(28)22-32(33)42-2)31(40)19-26-9-5-3-6-10-26/h3-12,20-22,25,36H,13-19,23-24H2,1-2H3. The molecular formula is C35H39N3O5. The van der Waals surface area contributed by atoms with E-state index in [1.165, 1.54) is 5.56 Å². The molecule has 0 saturated carbocycles. The number of carbonyl (C=O) groups is 3. The molecule has 1 saturated heterocycles. The Labute approximate surface area is 252 Å². The number of benzene rings is 3. The number of aldehydes is 1. The van der Waals surface area contributed by atoms with Crippen molar-refractivity contribution in [2.24, 2.45) is 5.41 Å². The van der Waals surface area contributed by atoms with Crippen LogP contribution in [0, 0.1) is 5.41 Å². The van der Waals surface area contributed by atoms with Gasteiger partial charge < -0.3 is 24.2 Å². The number of rotatable bonds is 13. The minimum absolute atomic E-state index is 0.000985. The van der Waals surface area contributed by atoms with Gasteiger partial charge in [-0.15, -0.1) is 0 Å². The van der Waals surface area contributed by atoms with Crippen molar-refractivity contribution in [2.45, 2.75) is 32.2 Å². The Morgan fingerprint density at radius 1 is 0.953 bits per heavy atom. The van der Waals surface area contributed by atoms with E-state index in [1.54, 1.807) is 19.1 Å². The van der Waals surface area contributed by atoms with E-state index in [2.05, 4.69) is 22.0 Å². The quantitative estimate of drug-likeness (QED) is 0.170. The second kappa shape index (κ2) is 13.7. The highest BCUT2D eigenvalue weighted by molar-refractivity contribution is 6.01. The SMILES string of the molecule is COc1cc2[nH]c(C(=O)Cc3ccccc3)cc2cc1OCCN(C)C(=O)CC1(C=O)CCN(Cc2ccccc2)CC1. The summed E-state index contributed by atoms with van der Waals surface area (Å²) in [4.78, 5) is 45.3.